The van der Waals surface area contributed by atoms with Crippen LogP contribution in [0.3, 0.4) is 0 Å². The fraction of sp³-hybridized carbons (Fsp3) is 0.250. The standard InChI is InChI=1S/C20H21NO3/c1-13(2)14-8-9-18-16(10-14)15(12-24-18)11-20(22)21-17-6-4-5-7-19(17)23-3/h4-10,12-13H,11H2,1-3H3,(H,21,22). The number of para-hydroxylation sites is 2. The number of anilines is 1. The number of rotatable bonds is 5. The Balaban J connectivity index is 1.81. The maximum atomic E-state index is 12.4. The normalized spacial score (nSPS) is 11.0. The molecular weight excluding hydrogens is 302 g/mol. The Kier molecular flexibility index (Phi) is 4.56. The van der Waals surface area contributed by atoms with Crippen LogP contribution < -0.4 is 10.1 Å². The molecule has 124 valence electrons. The molecule has 1 amide bonds. The second-order valence-corrected chi connectivity index (χ2v) is 6.10. The Bertz CT molecular complexity index is 864. The molecule has 0 fully saturated rings. The lowest BCUT2D eigenvalue weighted by Gasteiger charge is -2.09. The first kappa shape index (κ1) is 16.1. The van der Waals surface area contributed by atoms with E-state index in [4.69, 9.17) is 9.15 Å². The van der Waals surface area contributed by atoms with Crippen LogP contribution in [0, 0.1) is 0 Å². The average Bonchev–Trinajstić information content (AvgIpc) is 2.97. The molecule has 0 spiro atoms. The summed E-state index contributed by atoms with van der Waals surface area (Å²) in [5.74, 6) is 0.974. The Morgan fingerprint density at radius 2 is 2.00 bits per heavy atom. The summed E-state index contributed by atoms with van der Waals surface area (Å²) >= 11 is 0. The van der Waals surface area contributed by atoms with Crippen molar-refractivity contribution >= 4 is 22.6 Å². The first-order valence-corrected chi connectivity index (χ1v) is 8.01. The monoisotopic (exact) mass is 323 g/mol. The molecular formula is C20H21NO3. The van der Waals surface area contributed by atoms with Crippen LogP contribution in [-0.2, 0) is 11.2 Å². The van der Waals surface area contributed by atoms with Crippen molar-refractivity contribution < 1.29 is 13.9 Å². The van der Waals surface area contributed by atoms with Gasteiger partial charge in [-0.15, -0.1) is 0 Å². The first-order chi connectivity index (χ1) is 11.6. The van der Waals surface area contributed by atoms with E-state index in [1.54, 1.807) is 13.4 Å². The molecule has 2 aromatic carbocycles. The molecule has 3 rings (SSSR count). The zero-order valence-electron chi connectivity index (χ0n) is 14.1. The molecule has 0 aliphatic rings. The second kappa shape index (κ2) is 6.79. The summed E-state index contributed by atoms with van der Waals surface area (Å²) in [4.78, 5) is 12.4. The number of furan rings is 1. The third-order valence-corrected chi connectivity index (χ3v) is 4.08. The van der Waals surface area contributed by atoms with Gasteiger partial charge in [-0.2, -0.15) is 0 Å². The van der Waals surface area contributed by atoms with Gasteiger partial charge in [-0.05, 0) is 35.7 Å². The highest BCUT2D eigenvalue weighted by atomic mass is 16.5. The highest BCUT2D eigenvalue weighted by molar-refractivity contribution is 5.96. The van der Waals surface area contributed by atoms with Crippen molar-refractivity contribution in [1.82, 2.24) is 0 Å². The molecule has 4 nitrogen and oxygen atoms in total. The molecule has 4 heteroatoms. The summed E-state index contributed by atoms with van der Waals surface area (Å²) in [6, 6.07) is 13.5. The number of hydrogen-bond acceptors (Lipinski definition) is 3. The van der Waals surface area contributed by atoms with E-state index in [-0.39, 0.29) is 12.3 Å². The van der Waals surface area contributed by atoms with Gasteiger partial charge in [0.2, 0.25) is 5.91 Å². The molecule has 0 atom stereocenters. The molecule has 3 aromatic rings. The largest absolute Gasteiger partial charge is 0.495 e. The zero-order chi connectivity index (χ0) is 17.1. The molecule has 1 heterocycles. The number of methoxy groups -OCH3 is 1. The lowest BCUT2D eigenvalue weighted by molar-refractivity contribution is -0.115. The third kappa shape index (κ3) is 3.27. The van der Waals surface area contributed by atoms with Crippen molar-refractivity contribution in [1.29, 1.82) is 0 Å². The zero-order valence-corrected chi connectivity index (χ0v) is 14.1. The van der Waals surface area contributed by atoms with Gasteiger partial charge in [0, 0.05) is 10.9 Å². The quantitative estimate of drug-likeness (QED) is 0.737. The number of ether oxygens (including phenoxy) is 1. The molecule has 0 unspecified atom stereocenters. The Morgan fingerprint density at radius 3 is 2.75 bits per heavy atom. The van der Waals surface area contributed by atoms with Crippen molar-refractivity contribution in [2.24, 2.45) is 0 Å². The first-order valence-electron chi connectivity index (χ1n) is 8.01. The van der Waals surface area contributed by atoms with E-state index >= 15 is 0 Å². The molecule has 0 radical (unpaired) electrons. The minimum absolute atomic E-state index is 0.0999. The molecule has 0 aliphatic carbocycles. The number of amides is 1. The van der Waals surface area contributed by atoms with E-state index in [0.717, 1.165) is 16.5 Å². The van der Waals surface area contributed by atoms with E-state index < -0.39 is 0 Å². The van der Waals surface area contributed by atoms with Crippen LogP contribution in [0.1, 0.15) is 30.9 Å². The number of fused-ring (bicyclic) bond motifs is 1. The van der Waals surface area contributed by atoms with Crippen LogP contribution in [0.2, 0.25) is 0 Å². The van der Waals surface area contributed by atoms with E-state index in [1.165, 1.54) is 5.56 Å². The van der Waals surface area contributed by atoms with Crippen LogP contribution >= 0.6 is 0 Å². The minimum atomic E-state index is -0.0999. The Labute approximate surface area is 141 Å². The van der Waals surface area contributed by atoms with Crippen molar-refractivity contribution in [3.8, 4) is 5.75 Å². The van der Waals surface area contributed by atoms with Crippen molar-refractivity contribution in [2.75, 3.05) is 12.4 Å². The van der Waals surface area contributed by atoms with Gasteiger partial charge in [0.15, 0.2) is 0 Å². The minimum Gasteiger partial charge on any atom is -0.495 e. The Morgan fingerprint density at radius 1 is 1.21 bits per heavy atom. The second-order valence-electron chi connectivity index (χ2n) is 6.10. The smallest absolute Gasteiger partial charge is 0.229 e. The van der Waals surface area contributed by atoms with E-state index in [1.807, 2.05) is 30.3 Å². The van der Waals surface area contributed by atoms with Gasteiger partial charge in [0.05, 0.1) is 25.5 Å². The average molecular weight is 323 g/mol. The van der Waals surface area contributed by atoms with E-state index in [0.29, 0.717) is 17.4 Å². The van der Waals surface area contributed by atoms with Crippen molar-refractivity contribution in [2.45, 2.75) is 26.2 Å². The van der Waals surface area contributed by atoms with Crippen LogP contribution in [0.4, 0.5) is 5.69 Å². The van der Waals surface area contributed by atoms with Gasteiger partial charge < -0.3 is 14.5 Å². The van der Waals surface area contributed by atoms with E-state index in [2.05, 4.69) is 31.3 Å². The summed E-state index contributed by atoms with van der Waals surface area (Å²) in [5, 5.41) is 3.89. The number of carbonyl (C=O) groups is 1. The maximum absolute atomic E-state index is 12.4. The highest BCUT2D eigenvalue weighted by Crippen LogP contribution is 2.27. The summed E-state index contributed by atoms with van der Waals surface area (Å²) in [6.45, 7) is 4.30. The summed E-state index contributed by atoms with van der Waals surface area (Å²) < 4.78 is 10.8. The van der Waals surface area contributed by atoms with Gasteiger partial charge in [-0.3, -0.25) is 4.79 Å². The molecule has 0 saturated heterocycles. The predicted octanol–water partition coefficient (Wildman–Crippen LogP) is 4.75. The van der Waals surface area contributed by atoms with Gasteiger partial charge >= 0.3 is 0 Å². The number of carbonyl (C=O) groups excluding carboxylic acids is 1. The highest BCUT2D eigenvalue weighted by Gasteiger charge is 2.13. The molecule has 0 aliphatic heterocycles. The lowest BCUT2D eigenvalue weighted by Crippen LogP contribution is -2.14. The summed E-state index contributed by atoms with van der Waals surface area (Å²) in [5.41, 5.74) is 3.59. The predicted molar refractivity (Wildman–Crippen MR) is 95.6 cm³/mol. The number of hydrogen-bond donors (Lipinski definition) is 1. The summed E-state index contributed by atoms with van der Waals surface area (Å²) in [6.07, 6.45) is 1.92. The van der Waals surface area contributed by atoms with Crippen molar-refractivity contribution in [3.05, 3.63) is 59.9 Å². The van der Waals surface area contributed by atoms with Gasteiger partial charge in [-0.25, -0.2) is 0 Å². The molecule has 0 saturated carbocycles. The SMILES string of the molecule is COc1ccccc1NC(=O)Cc1coc2ccc(C(C)C)cc12. The maximum Gasteiger partial charge on any atom is 0.229 e. The number of nitrogens with one attached hydrogen (secondary N) is 1. The fourth-order valence-corrected chi connectivity index (χ4v) is 2.71. The summed E-state index contributed by atoms with van der Waals surface area (Å²) in [7, 11) is 1.59. The molecule has 0 bridgehead atoms. The fourth-order valence-electron chi connectivity index (χ4n) is 2.71. The van der Waals surface area contributed by atoms with Gasteiger partial charge in [-0.1, -0.05) is 32.0 Å². The van der Waals surface area contributed by atoms with Gasteiger partial charge in [0.1, 0.15) is 11.3 Å². The molecule has 24 heavy (non-hydrogen) atoms. The van der Waals surface area contributed by atoms with Crippen LogP contribution in [0.25, 0.3) is 11.0 Å². The van der Waals surface area contributed by atoms with Crippen LogP contribution in [0.15, 0.2) is 53.1 Å². The molecule has 1 N–H and O–H groups in total. The third-order valence-electron chi connectivity index (χ3n) is 4.08. The lowest BCUT2D eigenvalue weighted by atomic mass is 10.00. The number of benzene rings is 2. The van der Waals surface area contributed by atoms with Crippen LogP contribution in [0.5, 0.6) is 5.75 Å². The van der Waals surface area contributed by atoms with E-state index in [9.17, 15) is 4.79 Å². The van der Waals surface area contributed by atoms with Crippen molar-refractivity contribution in [3.63, 3.8) is 0 Å². The molecule has 1 aromatic heterocycles. The van der Waals surface area contributed by atoms with Crippen LogP contribution in [-0.4, -0.2) is 13.0 Å². The Hall–Kier alpha value is -2.75. The van der Waals surface area contributed by atoms with Gasteiger partial charge in [0.25, 0.3) is 0 Å². The topological polar surface area (TPSA) is 51.5 Å².